The number of hydrogen-bond donors (Lipinski definition) is 2. The minimum Gasteiger partial charge on any atom is -0.380 e. The number of anilines is 1. The lowest BCUT2D eigenvalue weighted by Gasteiger charge is -2.12. The fraction of sp³-hybridized carbons (Fsp3) is 0.417. The van der Waals surface area contributed by atoms with Crippen molar-refractivity contribution in [1.29, 1.82) is 0 Å². The molecule has 1 aromatic carbocycles. The van der Waals surface area contributed by atoms with Crippen LogP contribution in [0, 0.1) is 17.0 Å². The van der Waals surface area contributed by atoms with Gasteiger partial charge < -0.3 is 15.8 Å². The highest BCUT2D eigenvalue weighted by molar-refractivity contribution is 5.91. The van der Waals surface area contributed by atoms with Crippen molar-refractivity contribution < 1.29 is 14.5 Å². The van der Waals surface area contributed by atoms with Gasteiger partial charge in [0.05, 0.1) is 17.4 Å². The lowest BCUT2D eigenvalue weighted by atomic mass is 10.1. The summed E-state index contributed by atoms with van der Waals surface area (Å²) in [5, 5.41) is 13.4. The molecule has 1 unspecified atom stereocenters. The van der Waals surface area contributed by atoms with Crippen LogP contribution in [0.1, 0.15) is 12.0 Å². The SMILES string of the molecule is COC(CN)CC(=O)Nc1ccc(C)c([N+](=O)[O-])c1.Cl. The second-order valence-corrected chi connectivity index (χ2v) is 4.10. The average Bonchev–Trinajstić information content (AvgIpc) is 2.37. The van der Waals surface area contributed by atoms with Crippen LogP contribution in [0.2, 0.25) is 0 Å². The van der Waals surface area contributed by atoms with Crippen LogP contribution in [0.4, 0.5) is 11.4 Å². The molecule has 3 N–H and O–H groups in total. The molecule has 0 saturated heterocycles. The third kappa shape index (κ3) is 5.12. The Morgan fingerprint density at radius 2 is 2.20 bits per heavy atom. The van der Waals surface area contributed by atoms with Crippen molar-refractivity contribution in [3.63, 3.8) is 0 Å². The molecular weight excluding hydrogens is 286 g/mol. The Labute approximate surface area is 123 Å². The first-order chi connectivity index (χ1) is 8.97. The van der Waals surface area contributed by atoms with E-state index < -0.39 is 4.92 Å². The molecule has 0 saturated carbocycles. The van der Waals surface area contributed by atoms with Crippen molar-refractivity contribution in [3.8, 4) is 0 Å². The van der Waals surface area contributed by atoms with Crippen LogP contribution in [0.15, 0.2) is 18.2 Å². The van der Waals surface area contributed by atoms with Crippen LogP contribution in [-0.2, 0) is 9.53 Å². The summed E-state index contributed by atoms with van der Waals surface area (Å²) >= 11 is 0. The zero-order chi connectivity index (χ0) is 14.4. The van der Waals surface area contributed by atoms with Crippen molar-refractivity contribution in [2.45, 2.75) is 19.4 Å². The molecule has 1 atom stereocenters. The number of rotatable bonds is 6. The van der Waals surface area contributed by atoms with Crippen LogP contribution in [-0.4, -0.2) is 30.6 Å². The quantitative estimate of drug-likeness (QED) is 0.613. The molecule has 1 amide bonds. The molecule has 20 heavy (non-hydrogen) atoms. The summed E-state index contributed by atoms with van der Waals surface area (Å²) < 4.78 is 4.99. The number of amides is 1. The van der Waals surface area contributed by atoms with E-state index >= 15 is 0 Å². The van der Waals surface area contributed by atoms with E-state index in [4.69, 9.17) is 10.5 Å². The molecule has 0 spiro atoms. The number of carbonyl (C=O) groups excluding carboxylic acids is 1. The third-order valence-corrected chi connectivity index (χ3v) is 2.70. The van der Waals surface area contributed by atoms with E-state index in [9.17, 15) is 14.9 Å². The highest BCUT2D eigenvalue weighted by atomic mass is 35.5. The average molecular weight is 304 g/mol. The Hall–Kier alpha value is -1.70. The van der Waals surface area contributed by atoms with Gasteiger partial charge in [0.1, 0.15) is 0 Å². The number of nitrogens with one attached hydrogen (secondary N) is 1. The molecule has 1 aromatic rings. The number of carbonyl (C=O) groups is 1. The molecule has 1 rings (SSSR count). The molecule has 8 heteroatoms. The molecule has 0 aromatic heterocycles. The molecule has 0 aliphatic carbocycles. The maximum Gasteiger partial charge on any atom is 0.274 e. The number of benzene rings is 1. The number of nitro benzene ring substituents is 1. The molecule has 0 bridgehead atoms. The maximum absolute atomic E-state index is 11.7. The number of aryl methyl sites for hydroxylation is 1. The number of halogens is 1. The van der Waals surface area contributed by atoms with Gasteiger partial charge in [-0.2, -0.15) is 0 Å². The molecular formula is C12H18ClN3O4. The topological polar surface area (TPSA) is 107 Å². The third-order valence-electron chi connectivity index (χ3n) is 2.70. The fourth-order valence-corrected chi connectivity index (χ4v) is 1.57. The first kappa shape index (κ1) is 18.3. The van der Waals surface area contributed by atoms with Crippen molar-refractivity contribution in [3.05, 3.63) is 33.9 Å². The number of nitrogens with zero attached hydrogens (tertiary/aromatic N) is 1. The van der Waals surface area contributed by atoms with Crippen LogP contribution < -0.4 is 11.1 Å². The standard InChI is InChI=1S/C12H17N3O4.ClH/c1-8-3-4-9(5-11(8)15(17)18)14-12(16)6-10(7-13)19-2;/h3-5,10H,6-7,13H2,1-2H3,(H,14,16);1H. The predicted molar refractivity (Wildman–Crippen MR) is 78.2 cm³/mol. The van der Waals surface area contributed by atoms with E-state index in [2.05, 4.69) is 5.32 Å². The second kappa shape index (κ2) is 8.47. The largest absolute Gasteiger partial charge is 0.380 e. The smallest absolute Gasteiger partial charge is 0.274 e. The van der Waals surface area contributed by atoms with Gasteiger partial charge in [0, 0.05) is 31.0 Å². The molecule has 0 radical (unpaired) electrons. The second-order valence-electron chi connectivity index (χ2n) is 4.10. The number of hydrogen-bond acceptors (Lipinski definition) is 5. The Balaban J connectivity index is 0.00000361. The first-order valence-corrected chi connectivity index (χ1v) is 5.75. The van der Waals surface area contributed by atoms with Crippen LogP contribution in [0.5, 0.6) is 0 Å². The molecule has 0 aliphatic rings. The van der Waals surface area contributed by atoms with E-state index in [1.54, 1.807) is 19.1 Å². The van der Waals surface area contributed by atoms with Gasteiger partial charge in [-0.25, -0.2) is 0 Å². The number of nitrogens with two attached hydrogens (primary N) is 1. The first-order valence-electron chi connectivity index (χ1n) is 5.75. The van der Waals surface area contributed by atoms with Crippen LogP contribution in [0.3, 0.4) is 0 Å². The number of ether oxygens (including phenoxy) is 1. The van der Waals surface area contributed by atoms with Gasteiger partial charge in [0.25, 0.3) is 5.69 Å². The number of methoxy groups -OCH3 is 1. The maximum atomic E-state index is 11.7. The van der Waals surface area contributed by atoms with Gasteiger partial charge in [-0.3, -0.25) is 14.9 Å². The van der Waals surface area contributed by atoms with E-state index in [0.717, 1.165) is 0 Å². The summed E-state index contributed by atoms with van der Waals surface area (Å²) in [5.41, 5.74) is 6.31. The van der Waals surface area contributed by atoms with Gasteiger partial charge in [-0.1, -0.05) is 6.07 Å². The Morgan fingerprint density at radius 3 is 2.70 bits per heavy atom. The van der Waals surface area contributed by atoms with E-state index in [-0.39, 0.29) is 43.1 Å². The normalized spacial score (nSPS) is 11.3. The van der Waals surface area contributed by atoms with Gasteiger partial charge >= 0.3 is 0 Å². The summed E-state index contributed by atoms with van der Waals surface area (Å²) in [4.78, 5) is 22.0. The van der Waals surface area contributed by atoms with Crippen LogP contribution >= 0.6 is 12.4 Å². The minimum atomic E-state index is -0.483. The van der Waals surface area contributed by atoms with Gasteiger partial charge in [0.2, 0.25) is 5.91 Å². The van der Waals surface area contributed by atoms with Gasteiger partial charge in [-0.05, 0) is 13.0 Å². The fourth-order valence-electron chi connectivity index (χ4n) is 1.57. The minimum absolute atomic E-state index is 0. The van der Waals surface area contributed by atoms with Crippen molar-refractivity contribution in [2.75, 3.05) is 19.0 Å². The monoisotopic (exact) mass is 303 g/mol. The lowest BCUT2D eigenvalue weighted by molar-refractivity contribution is -0.385. The van der Waals surface area contributed by atoms with E-state index in [1.807, 2.05) is 0 Å². The Morgan fingerprint density at radius 1 is 1.55 bits per heavy atom. The highest BCUT2D eigenvalue weighted by Gasteiger charge is 2.14. The summed E-state index contributed by atoms with van der Waals surface area (Å²) in [6, 6.07) is 4.53. The predicted octanol–water partition coefficient (Wildman–Crippen LogP) is 1.63. The summed E-state index contributed by atoms with van der Waals surface area (Å²) in [7, 11) is 1.47. The molecule has 0 fully saturated rings. The van der Waals surface area contributed by atoms with Crippen LogP contribution in [0.25, 0.3) is 0 Å². The summed E-state index contributed by atoms with van der Waals surface area (Å²) in [6.45, 7) is 1.87. The summed E-state index contributed by atoms with van der Waals surface area (Å²) in [5.74, 6) is -0.296. The molecule has 0 heterocycles. The zero-order valence-corrected chi connectivity index (χ0v) is 12.1. The molecule has 7 nitrogen and oxygen atoms in total. The summed E-state index contributed by atoms with van der Waals surface area (Å²) in [6.07, 6.45) is -0.255. The molecule has 0 aliphatic heterocycles. The van der Waals surface area contributed by atoms with Gasteiger partial charge in [-0.15, -0.1) is 12.4 Å². The zero-order valence-electron chi connectivity index (χ0n) is 11.3. The van der Waals surface area contributed by atoms with Gasteiger partial charge in [0.15, 0.2) is 0 Å². The number of nitro groups is 1. The molecule has 112 valence electrons. The van der Waals surface area contributed by atoms with Crippen molar-refractivity contribution in [2.24, 2.45) is 5.73 Å². The van der Waals surface area contributed by atoms with E-state index in [0.29, 0.717) is 11.3 Å². The lowest BCUT2D eigenvalue weighted by Crippen LogP contribution is -2.28. The van der Waals surface area contributed by atoms with Crippen molar-refractivity contribution >= 4 is 29.7 Å². The highest BCUT2D eigenvalue weighted by Crippen LogP contribution is 2.22. The van der Waals surface area contributed by atoms with E-state index in [1.165, 1.54) is 13.2 Å². The Kier molecular flexibility index (Phi) is 7.75. The van der Waals surface area contributed by atoms with Crippen molar-refractivity contribution in [1.82, 2.24) is 0 Å². The Bertz CT molecular complexity index is 478.